The summed E-state index contributed by atoms with van der Waals surface area (Å²) in [5.41, 5.74) is 4.31. The molecule has 2 aromatic carbocycles. The van der Waals surface area contributed by atoms with Gasteiger partial charge in [0.2, 0.25) is 0 Å². The Labute approximate surface area is 212 Å². The van der Waals surface area contributed by atoms with Crippen molar-refractivity contribution in [2.75, 3.05) is 25.0 Å². The number of anilines is 1. The predicted octanol–water partition coefficient (Wildman–Crippen LogP) is 3.24. The lowest BCUT2D eigenvalue weighted by Gasteiger charge is -2.16. The molecule has 0 saturated carbocycles. The van der Waals surface area contributed by atoms with Gasteiger partial charge in [-0.25, -0.2) is 0 Å². The van der Waals surface area contributed by atoms with E-state index in [2.05, 4.69) is 10.3 Å². The van der Waals surface area contributed by atoms with E-state index < -0.39 is 6.10 Å². The number of hydrogen-bond donors (Lipinski definition) is 3. The second kappa shape index (κ2) is 9.81. The van der Waals surface area contributed by atoms with Gasteiger partial charge in [0, 0.05) is 42.4 Å². The smallest absolute Gasteiger partial charge is 0.261 e. The SMILES string of the molecule is O=C1CC=CC(=NC[C@@H](O)c2cccc(Cl)c2)C1=C1Cc2cc3c(cc2N1)C(=O)N(CCCO)C3=O. The van der Waals surface area contributed by atoms with E-state index in [0.717, 1.165) is 10.5 Å². The van der Waals surface area contributed by atoms with Crippen LogP contribution in [-0.4, -0.2) is 58.1 Å². The second-order valence-electron chi connectivity index (χ2n) is 8.88. The molecule has 36 heavy (non-hydrogen) atoms. The molecule has 2 heterocycles. The van der Waals surface area contributed by atoms with Crippen LogP contribution in [0.2, 0.25) is 5.02 Å². The standard InChI is InChI=1S/C27H24ClN3O5/c28-17-5-1-4-15(10-17)24(34)14-29-20-6-2-7-23(33)25(20)22-12-16-11-18-19(13-21(16)30-22)27(36)31(26(18)35)8-3-9-32/h1-2,4-6,10-11,13,24,30,32,34H,3,7-9,12,14H2/t24-/m1/s1. The van der Waals surface area contributed by atoms with Crippen LogP contribution in [0.4, 0.5) is 5.69 Å². The lowest BCUT2D eigenvalue weighted by molar-refractivity contribution is -0.114. The molecule has 0 unspecified atom stereocenters. The molecule has 3 N–H and O–H groups in total. The minimum Gasteiger partial charge on any atom is -0.396 e. The Morgan fingerprint density at radius 1 is 1.11 bits per heavy atom. The third-order valence-corrected chi connectivity index (χ3v) is 6.71. The van der Waals surface area contributed by atoms with Gasteiger partial charge >= 0.3 is 0 Å². The summed E-state index contributed by atoms with van der Waals surface area (Å²) in [6, 6.07) is 10.3. The molecular weight excluding hydrogens is 482 g/mol. The van der Waals surface area contributed by atoms with Crippen molar-refractivity contribution >= 4 is 40.6 Å². The highest BCUT2D eigenvalue weighted by Crippen LogP contribution is 2.36. The van der Waals surface area contributed by atoms with Crippen LogP contribution in [0.15, 0.2) is 64.8 Å². The van der Waals surface area contributed by atoms with Gasteiger partial charge in [0.1, 0.15) is 0 Å². The van der Waals surface area contributed by atoms with Crippen LogP contribution >= 0.6 is 11.6 Å². The topological polar surface area (TPSA) is 119 Å². The van der Waals surface area contributed by atoms with Crippen molar-refractivity contribution in [3.8, 4) is 0 Å². The number of allylic oxidation sites excluding steroid dienone is 4. The molecule has 1 atom stereocenters. The van der Waals surface area contributed by atoms with Crippen molar-refractivity contribution in [1.82, 2.24) is 4.90 Å². The number of hydrogen-bond acceptors (Lipinski definition) is 7. The molecule has 184 valence electrons. The lowest BCUT2D eigenvalue weighted by atomic mass is 9.93. The van der Waals surface area contributed by atoms with Crippen LogP contribution in [0.1, 0.15) is 50.8 Å². The average Bonchev–Trinajstić information content (AvgIpc) is 3.38. The average molecular weight is 506 g/mol. The van der Waals surface area contributed by atoms with Crippen molar-refractivity contribution in [1.29, 1.82) is 0 Å². The zero-order valence-electron chi connectivity index (χ0n) is 19.3. The number of halogens is 1. The molecule has 0 spiro atoms. The number of benzene rings is 2. The van der Waals surface area contributed by atoms with Crippen LogP contribution in [0, 0.1) is 0 Å². The number of nitrogens with zero attached hydrogens (tertiary/aromatic N) is 2. The number of aliphatic hydroxyl groups is 2. The molecule has 9 heteroatoms. The van der Waals surface area contributed by atoms with E-state index in [1.165, 1.54) is 0 Å². The van der Waals surface area contributed by atoms with E-state index in [0.29, 0.717) is 57.2 Å². The van der Waals surface area contributed by atoms with Gasteiger partial charge in [-0.05, 0) is 47.9 Å². The molecule has 2 aromatic rings. The number of Topliss-reactive ketones (excluding diaryl/α,β-unsaturated/α-hetero) is 1. The molecular formula is C27H24ClN3O5. The Morgan fingerprint density at radius 3 is 2.64 bits per heavy atom. The summed E-state index contributed by atoms with van der Waals surface area (Å²) in [7, 11) is 0. The minimum absolute atomic E-state index is 0.0536. The number of carbonyl (C=O) groups excluding carboxylic acids is 3. The molecule has 2 amide bonds. The summed E-state index contributed by atoms with van der Waals surface area (Å²) in [5.74, 6) is -0.858. The molecule has 0 fully saturated rings. The van der Waals surface area contributed by atoms with E-state index in [9.17, 15) is 19.5 Å². The number of amides is 2. The normalized spacial score (nSPS) is 20.7. The Bertz CT molecular complexity index is 1330. The van der Waals surface area contributed by atoms with Crippen molar-refractivity contribution in [3.05, 3.63) is 87.1 Å². The third kappa shape index (κ3) is 4.39. The Kier molecular flexibility index (Phi) is 6.57. The molecule has 8 nitrogen and oxygen atoms in total. The number of aliphatic imine (C=N–C) groups is 1. The Morgan fingerprint density at radius 2 is 1.89 bits per heavy atom. The molecule has 0 saturated heterocycles. The first-order chi connectivity index (χ1) is 17.4. The van der Waals surface area contributed by atoms with E-state index in [-0.39, 0.29) is 43.7 Å². The van der Waals surface area contributed by atoms with E-state index in [1.807, 2.05) is 0 Å². The molecule has 5 rings (SSSR count). The minimum atomic E-state index is -0.879. The van der Waals surface area contributed by atoms with Gasteiger partial charge in [0.15, 0.2) is 5.78 Å². The Balaban J connectivity index is 1.42. The monoisotopic (exact) mass is 505 g/mol. The van der Waals surface area contributed by atoms with Crippen LogP contribution < -0.4 is 5.32 Å². The fourth-order valence-electron chi connectivity index (χ4n) is 4.69. The van der Waals surface area contributed by atoms with Crippen molar-refractivity contribution in [2.24, 2.45) is 4.99 Å². The zero-order valence-corrected chi connectivity index (χ0v) is 20.1. The van der Waals surface area contributed by atoms with Gasteiger partial charge in [-0.2, -0.15) is 0 Å². The summed E-state index contributed by atoms with van der Waals surface area (Å²) in [5, 5.41) is 23.4. The first kappa shape index (κ1) is 24.1. The van der Waals surface area contributed by atoms with Gasteiger partial charge in [-0.1, -0.05) is 29.8 Å². The Hall–Kier alpha value is -3.59. The highest BCUT2D eigenvalue weighted by atomic mass is 35.5. The number of nitrogens with one attached hydrogen (secondary N) is 1. The maximum absolute atomic E-state index is 12.9. The van der Waals surface area contributed by atoms with Crippen LogP contribution in [-0.2, 0) is 11.2 Å². The number of carbonyl (C=O) groups is 3. The summed E-state index contributed by atoms with van der Waals surface area (Å²) in [6.07, 6.45) is 3.57. The van der Waals surface area contributed by atoms with E-state index >= 15 is 0 Å². The zero-order chi connectivity index (χ0) is 25.4. The van der Waals surface area contributed by atoms with Gasteiger partial charge in [-0.3, -0.25) is 24.3 Å². The molecule has 3 aliphatic rings. The number of fused-ring (bicyclic) bond motifs is 2. The quantitative estimate of drug-likeness (QED) is 0.409. The van der Waals surface area contributed by atoms with Gasteiger partial charge in [-0.15, -0.1) is 0 Å². The molecule has 2 aliphatic heterocycles. The number of rotatable bonds is 6. The molecule has 0 bridgehead atoms. The fraction of sp³-hybridized carbons (Fsp3) is 0.259. The molecule has 0 aromatic heterocycles. The highest BCUT2D eigenvalue weighted by molar-refractivity contribution is 6.30. The number of aliphatic hydroxyl groups excluding tert-OH is 2. The molecule has 1 aliphatic carbocycles. The summed E-state index contributed by atoms with van der Waals surface area (Å²) < 4.78 is 0. The predicted molar refractivity (Wildman–Crippen MR) is 135 cm³/mol. The van der Waals surface area contributed by atoms with Gasteiger partial charge < -0.3 is 15.5 Å². The van der Waals surface area contributed by atoms with Crippen molar-refractivity contribution in [3.63, 3.8) is 0 Å². The van der Waals surface area contributed by atoms with Crippen LogP contribution in [0.3, 0.4) is 0 Å². The largest absolute Gasteiger partial charge is 0.396 e. The van der Waals surface area contributed by atoms with Gasteiger partial charge in [0.05, 0.1) is 35.1 Å². The first-order valence-corrected chi connectivity index (χ1v) is 12.1. The van der Waals surface area contributed by atoms with Crippen molar-refractivity contribution < 1.29 is 24.6 Å². The van der Waals surface area contributed by atoms with Crippen LogP contribution in [0.5, 0.6) is 0 Å². The highest BCUT2D eigenvalue weighted by Gasteiger charge is 2.37. The first-order valence-electron chi connectivity index (χ1n) is 11.7. The number of imide groups is 1. The maximum Gasteiger partial charge on any atom is 0.261 e. The summed E-state index contributed by atoms with van der Waals surface area (Å²) >= 11 is 6.02. The van der Waals surface area contributed by atoms with Crippen LogP contribution in [0.25, 0.3) is 0 Å². The fourth-order valence-corrected chi connectivity index (χ4v) is 4.89. The second-order valence-corrected chi connectivity index (χ2v) is 9.31. The van der Waals surface area contributed by atoms with E-state index in [4.69, 9.17) is 16.7 Å². The van der Waals surface area contributed by atoms with Crippen molar-refractivity contribution in [2.45, 2.75) is 25.4 Å². The summed E-state index contributed by atoms with van der Waals surface area (Å²) in [6.45, 7) is 0.112. The lowest BCUT2D eigenvalue weighted by Crippen LogP contribution is -2.31. The van der Waals surface area contributed by atoms with E-state index in [1.54, 1.807) is 48.6 Å². The third-order valence-electron chi connectivity index (χ3n) is 6.47. The number of ketones is 1. The summed E-state index contributed by atoms with van der Waals surface area (Å²) in [4.78, 5) is 44.1. The maximum atomic E-state index is 12.9. The van der Waals surface area contributed by atoms with Gasteiger partial charge in [0.25, 0.3) is 11.8 Å². The molecule has 0 radical (unpaired) electrons.